The molecule has 0 aliphatic rings. The molecule has 98 valence electrons. The molecular weight excluding hydrogens is 296 g/mol. The molecule has 0 saturated carbocycles. The van der Waals surface area contributed by atoms with Crippen LogP contribution in [0.4, 0.5) is 0 Å². The van der Waals surface area contributed by atoms with Gasteiger partial charge in [-0.05, 0) is 18.6 Å². The summed E-state index contributed by atoms with van der Waals surface area (Å²) in [6.07, 6.45) is 3.28. The predicted molar refractivity (Wildman–Crippen MR) is 73.6 cm³/mol. The van der Waals surface area contributed by atoms with Crippen LogP contribution in [0.25, 0.3) is 0 Å². The van der Waals surface area contributed by atoms with Crippen molar-refractivity contribution in [3.05, 3.63) is 34.3 Å². The molecule has 3 nitrogen and oxygen atoms in total. The first-order chi connectivity index (χ1) is 8.63. The largest absolute Gasteiger partial charge is 0.457 e. The van der Waals surface area contributed by atoms with Gasteiger partial charge in [0, 0.05) is 16.5 Å². The molecule has 0 fully saturated rings. The van der Waals surface area contributed by atoms with Gasteiger partial charge in [-0.3, -0.25) is 9.59 Å². The molecule has 0 amide bonds. The van der Waals surface area contributed by atoms with Crippen LogP contribution in [0.3, 0.4) is 0 Å². The van der Waals surface area contributed by atoms with Crippen LogP contribution in [0.15, 0.2) is 28.7 Å². The number of benzene rings is 1. The second kappa shape index (κ2) is 8.03. The first-order valence-electron chi connectivity index (χ1n) is 6.08. The van der Waals surface area contributed by atoms with Crippen LogP contribution in [0.2, 0.25) is 0 Å². The number of ether oxygens (including phenoxy) is 1. The number of carbonyl (C=O) groups excluding carboxylic acids is 2. The molecule has 0 bridgehead atoms. The topological polar surface area (TPSA) is 43.4 Å². The van der Waals surface area contributed by atoms with Gasteiger partial charge in [0.2, 0.25) is 0 Å². The maximum Gasteiger partial charge on any atom is 0.306 e. The first kappa shape index (κ1) is 14.9. The SMILES string of the molecule is CCCCCC(=O)OCC(=O)c1ccc(Br)cc1. The summed E-state index contributed by atoms with van der Waals surface area (Å²) >= 11 is 3.30. The summed E-state index contributed by atoms with van der Waals surface area (Å²) in [6, 6.07) is 6.99. The summed E-state index contributed by atoms with van der Waals surface area (Å²) in [4.78, 5) is 23.0. The second-order valence-corrected chi connectivity index (χ2v) is 4.96. The van der Waals surface area contributed by atoms with Gasteiger partial charge in [0.1, 0.15) is 0 Å². The number of ketones is 1. The Morgan fingerprint density at radius 3 is 2.44 bits per heavy atom. The number of hydrogen-bond donors (Lipinski definition) is 0. The molecule has 0 N–H and O–H groups in total. The smallest absolute Gasteiger partial charge is 0.306 e. The molecule has 0 heterocycles. The van der Waals surface area contributed by atoms with Gasteiger partial charge < -0.3 is 4.74 Å². The number of rotatable bonds is 7. The van der Waals surface area contributed by atoms with E-state index in [0.717, 1.165) is 23.7 Å². The summed E-state index contributed by atoms with van der Waals surface area (Å²) in [7, 11) is 0. The van der Waals surface area contributed by atoms with E-state index >= 15 is 0 Å². The third-order valence-electron chi connectivity index (χ3n) is 2.51. The minimum atomic E-state index is -0.297. The van der Waals surface area contributed by atoms with Crippen molar-refractivity contribution in [2.24, 2.45) is 0 Å². The van der Waals surface area contributed by atoms with E-state index in [4.69, 9.17) is 4.74 Å². The van der Waals surface area contributed by atoms with E-state index in [1.54, 1.807) is 24.3 Å². The zero-order valence-corrected chi connectivity index (χ0v) is 12.0. The van der Waals surface area contributed by atoms with Gasteiger partial charge in [-0.15, -0.1) is 0 Å². The van der Waals surface area contributed by atoms with Gasteiger partial charge >= 0.3 is 5.97 Å². The molecule has 0 aliphatic heterocycles. The van der Waals surface area contributed by atoms with E-state index < -0.39 is 0 Å². The van der Waals surface area contributed by atoms with Gasteiger partial charge in [-0.2, -0.15) is 0 Å². The molecule has 1 aromatic rings. The Kier molecular flexibility index (Phi) is 6.65. The fourth-order valence-electron chi connectivity index (χ4n) is 1.46. The van der Waals surface area contributed by atoms with E-state index in [2.05, 4.69) is 22.9 Å². The molecule has 1 aromatic carbocycles. The highest BCUT2D eigenvalue weighted by atomic mass is 79.9. The van der Waals surface area contributed by atoms with Crippen molar-refractivity contribution >= 4 is 27.7 Å². The van der Waals surface area contributed by atoms with Gasteiger partial charge in [0.25, 0.3) is 0 Å². The summed E-state index contributed by atoms with van der Waals surface area (Å²) in [5.41, 5.74) is 0.555. The van der Waals surface area contributed by atoms with Crippen LogP contribution in [-0.2, 0) is 9.53 Å². The summed E-state index contributed by atoms with van der Waals surface area (Å²) in [5, 5.41) is 0. The monoisotopic (exact) mass is 312 g/mol. The van der Waals surface area contributed by atoms with E-state index in [1.807, 2.05) is 0 Å². The minimum Gasteiger partial charge on any atom is -0.457 e. The molecule has 0 radical (unpaired) electrons. The van der Waals surface area contributed by atoms with Crippen molar-refractivity contribution in [1.29, 1.82) is 0 Å². The molecule has 0 spiro atoms. The molecule has 0 aliphatic carbocycles. The first-order valence-corrected chi connectivity index (χ1v) is 6.87. The summed E-state index contributed by atoms with van der Waals surface area (Å²) < 4.78 is 5.85. The third-order valence-corrected chi connectivity index (χ3v) is 3.04. The van der Waals surface area contributed by atoms with Crippen molar-refractivity contribution in [3.8, 4) is 0 Å². The third kappa shape index (κ3) is 5.45. The molecular formula is C14H17BrO3. The van der Waals surface area contributed by atoms with Crippen LogP contribution in [0.5, 0.6) is 0 Å². The Hall–Kier alpha value is -1.16. The van der Waals surface area contributed by atoms with E-state index in [0.29, 0.717) is 12.0 Å². The molecule has 1 rings (SSSR count). The number of unbranched alkanes of at least 4 members (excludes halogenated alkanes) is 2. The Labute approximate surface area is 116 Å². The van der Waals surface area contributed by atoms with Crippen molar-refractivity contribution in [2.75, 3.05) is 6.61 Å². The number of carbonyl (C=O) groups is 2. The Bertz CT molecular complexity index is 398. The lowest BCUT2D eigenvalue weighted by atomic mass is 10.1. The molecule has 0 unspecified atom stereocenters. The van der Waals surface area contributed by atoms with Crippen molar-refractivity contribution < 1.29 is 14.3 Å². The van der Waals surface area contributed by atoms with Gasteiger partial charge in [0.05, 0.1) is 0 Å². The molecule has 0 atom stereocenters. The fraction of sp³-hybridized carbons (Fsp3) is 0.429. The van der Waals surface area contributed by atoms with Crippen molar-refractivity contribution in [3.63, 3.8) is 0 Å². The minimum absolute atomic E-state index is 0.174. The summed E-state index contributed by atoms with van der Waals surface area (Å²) in [6.45, 7) is 1.90. The lowest BCUT2D eigenvalue weighted by Crippen LogP contribution is -2.13. The maximum absolute atomic E-state index is 11.7. The molecule has 18 heavy (non-hydrogen) atoms. The Morgan fingerprint density at radius 2 is 1.83 bits per heavy atom. The van der Waals surface area contributed by atoms with E-state index in [1.165, 1.54) is 0 Å². The van der Waals surface area contributed by atoms with E-state index in [-0.39, 0.29) is 18.4 Å². The lowest BCUT2D eigenvalue weighted by molar-refractivity contribution is -0.142. The zero-order chi connectivity index (χ0) is 13.4. The van der Waals surface area contributed by atoms with Crippen LogP contribution in [-0.4, -0.2) is 18.4 Å². The average molecular weight is 313 g/mol. The van der Waals surface area contributed by atoms with Gasteiger partial charge in [-0.1, -0.05) is 47.8 Å². The number of esters is 1. The predicted octanol–water partition coefficient (Wildman–Crippen LogP) is 3.76. The van der Waals surface area contributed by atoms with Crippen LogP contribution >= 0.6 is 15.9 Å². The molecule has 4 heteroatoms. The lowest BCUT2D eigenvalue weighted by Gasteiger charge is -2.04. The van der Waals surface area contributed by atoms with E-state index in [9.17, 15) is 9.59 Å². The number of hydrogen-bond acceptors (Lipinski definition) is 3. The summed E-state index contributed by atoms with van der Waals surface area (Å²) in [5.74, 6) is -0.472. The average Bonchev–Trinajstić information content (AvgIpc) is 2.37. The van der Waals surface area contributed by atoms with Crippen molar-refractivity contribution in [2.45, 2.75) is 32.6 Å². The normalized spacial score (nSPS) is 10.1. The Balaban J connectivity index is 2.32. The molecule has 0 aromatic heterocycles. The number of halogens is 1. The van der Waals surface area contributed by atoms with Gasteiger partial charge in [-0.25, -0.2) is 0 Å². The number of Topliss-reactive ketones (excluding diaryl/α,β-unsaturated/α-hetero) is 1. The zero-order valence-electron chi connectivity index (χ0n) is 10.4. The van der Waals surface area contributed by atoms with Gasteiger partial charge in [0.15, 0.2) is 12.4 Å². The Morgan fingerprint density at radius 1 is 1.17 bits per heavy atom. The van der Waals surface area contributed by atoms with Crippen LogP contribution in [0, 0.1) is 0 Å². The highest BCUT2D eigenvalue weighted by Crippen LogP contribution is 2.11. The second-order valence-electron chi connectivity index (χ2n) is 4.05. The standard InChI is InChI=1S/C14H17BrO3/c1-2-3-4-5-14(17)18-10-13(16)11-6-8-12(15)9-7-11/h6-9H,2-5,10H2,1H3. The molecule has 0 saturated heterocycles. The van der Waals surface area contributed by atoms with Crippen LogP contribution < -0.4 is 0 Å². The fourth-order valence-corrected chi connectivity index (χ4v) is 1.72. The maximum atomic E-state index is 11.7. The van der Waals surface area contributed by atoms with Crippen molar-refractivity contribution in [1.82, 2.24) is 0 Å². The highest BCUT2D eigenvalue weighted by Gasteiger charge is 2.09. The quantitative estimate of drug-likeness (QED) is 0.437. The van der Waals surface area contributed by atoms with Crippen LogP contribution in [0.1, 0.15) is 43.0 Å². The highest BCUT2D eigenvalue weighted by molar-refractivity contribution is 9.10.